The van der Waals surface area contributed by atoms with Gasteiger partial charge in [-0.3, -0.25) is 4.79 Å². The van der Waals surface area contributed by atoms with E-state index in [9.17, 15) is 9.90 Å². The lowest BCUT2D eigenvalue weighted by atomic mass is 9.78. The first-order chi connectivity index (χ1) is 13.7. The lowest BCUT2D eigenvalue weighted by Crippen LogP contribution is -2.65. The van der Waals surface area contributed by atoms with Gasteiger partial charge in [0.05, 0.1) is 19.7 Å². The fourth-order valence-electron chi connectivity index (χ4n) is 5.68. The van der Waals surface area contributed by atoms with Crippen LogP contribution in [0.25, 0.3) is 0 Å². The summed E-state index contributed by atoms with van der Waals surface area (Å²) in [4.78, 5) is 13.5. The van der Waals surface area contributed by atoms with E-state index in [1.54, 1.807) is 0 Å². The zero-order chi connectivity index (χ0) is 19.1. The number of aliphatic hydroxyl groups excluding tert-OH is 1. The summed E-state index contributed by atoms with van der Waals surface area (Å²) >= 11 is 0. The van der Waals surface area contributed by atoms with Crippen LogP contribution in [0, 0.1) is 5.92 Å². The van der Waals surface area contributed by atoms with Gasteiger partial charge in [0.2, 0.25) is 0 Å². The maximum atomic E-state index is 13.5. The second-order valence-corrected chi connectivity index (χ2v) is 8.74. The molecule has 2 bridgehead atoms. The van der Waals surface area contributed by atoms with Gasteiger partial charge in [-0.2, -0.15) is 0 Å². The molecule has 3 heterocycles. The minimum absolute atomic E-state index is 0.0252. The molecule has 0 saturated carbocycles. The van der Waals surface area contributed by atoms with Gasteiger partial charge in [-0.1, -0.05) is 48.5 Å². The third-order valence-corrected chi connectivity index (χ3v) is 7.23. The minimum Gasteiger partial charge on any atom is -0.455 e. The van der Waals surface area contributed by atoms with Gasteiger partial charge in [-0.15, -0.1) is 0 Å². The lowest BCUT2D eigenvalue weighted by molar-refractivity contribution is -0.946. The Bertz CT molecular complexity index is 834. The van der Waals surface area contributed by atoms with Crippen LogP contribution in [0.2, 0.25) is 0 Å². The second kappa shape index (κ2) is 7.02. The number of hydrogen-bond acceptors (Lipinski definition) is 3. The number of piperidine rings is 3. The molecule has 1 aliphatic carbocycles. The Morgan fingerprint density at radius 2 is 1.61 bits per heavy atom. The molecule has 28 heavy (non-hydrogen) atoms. The predicted molar refractivity (Wildman–Crippen MR) is 107 cm³/mol. The van der Waals surface area contributed by atoms with E-state index in [2.05, 4.69) is 24.3 Å². The molecule has 4 nitrogen and oxygen atoms in total. The third kappa shape index (κ3) is 2.96. The first-order valence-electron chi connectivity index (χ1n) is 10.5. The normalized spacial score (nSPS) is 28.5. The van der Waals surface area contributed by atoms with E-state index in [1.165, 1.54) is 11.1 Å². The minimum atomic E-state index is -0.331. The quantitative estimate of drug-likeness (QED) is 0.657. The van der Waals surface area contributed by atoms with Gasteiger partial charge in [0.15, 0.2) is 6.10 Å². The lowest BCUT2D eigenvalue weighted by Gasteiger charge is -2.52. The number of nitrogens with zero attached hydrogens (tertiary/aromatic N) is 1. The molecule has 1 N–H and O–H groups in total. The van der Waals surface area contributed by atoms with Gasteiger partial charge in [-0.05, 0) is 28.7 Å². The van der Waals surface area contributed by atoms with E-state index < -0.39 is 0 Å². The number of carbonyl (C=O) groups is 1. The Labute approximate surface area is 166 Å². The van der Waals surface area contributed by atoms with E-state index >= 15 is 0 Å². The molecule has 3 aliphatic heterocycles. The number of ether oxygens (including phenoxy) is 1. The third-order valence-electron chi connectivity index (χ3n) is 7.23. The maximum absolute atomic E-state index is 13.5. The summed E-state index contributed by atoms with van der Waals surface area (Å²) in [5.74, 6) is 0.0279. The molecule has 0 aromatic heterocycles. The number of rotatable bonds is 4. The summed E-state index contributed by atoms with van der Waals surface area (Å²) in [6, 6.07) is 16.5. The molecule has 0 amide bonds. The van der Waals surface area contributed by atoms with Crippen molar-refractivity contribution in [1.82, 2.24) is 0 Å². The van der Waals surface area contributed by atoms with Gasteiger partial charge >= 0.3 is 5.97 Å². The van der Waals surface area contributed by atoms with Crippen LogP contribution < -0.4 is 0 Å². The topological polar surface area (TPSA) is 46.5 Å². The van der Waals surface area contributed by atoms with E-state index in [0.717, 1.165) is 61.1 Å². The van der Waals surface area contributed by atoms with Gasteiger partial charge in [0, 0.05) is 18.8 Å². The van der Waals surface area contributed by atoms with Crippen molar-refractivity contribution >= 4 is 5.97 Å². The van der Waals surface area contributed by atoms with E-state index in [0.29, 0.717) is 5.92 Å². The van der Waals surface area contributed by atoms with Crippen molar-refractivity contribution in [2.24, 2.45) is 5.92 Å². The molecule has 0 unspecified atom stereocenters. The SMILES string of the molecule is O=C(O[C@H]1C[N+]2(CCO)CCC1CC2)C1c2ccccc2Cc2ccccc21. The Hall–Kier alpha value is -2.17. The van der Waals surface area contributed by atoms with Crippen LogP contribution in [0.3, 0.4) is 0 Å². The summed E-state index contributed by atoms with van der Waals surface area (Å²) in [6.45, 7) is 4.04. The van der Waals surface area contributed by atoms with E-state index in [4.69, 9.17) is 4.74 Å². The van der Waals surface area contributed by atoms with E-state index in [-0.39, 0.29) is 24.6 Å². The fourth-order valence-corrected chi connectivity index (χ4v) is 5.68. The summed E-state index contributed by atoms with van der Waals surface area (Å²) in [6.07, 6.45) is 3.03. The smallest absolute Gasteiger partial charge is 0.318 e. The van der Waals surface area contributed by atoms with Crippen molar-refractivity contribution in [2.45, 2.75) is 31.3 Å². The molecule has 0 spiro atoms. The summed E-state index contributed by atoms with van der Waals surface area (Å²) in [5.41, 5.74) is 4.63. The van der Waals surface area contributed by atoms with Crippen LogP contribution in [0.15, 0.2) is 48.5 Å². The molecule has 4 aliphatic rings. The standard InChI is InChI=1S/C24H28NO3/c26-14-13-25-11-9-17(10-12-25)22(16-25)28-24(27)23-20-7-3-1-5-18(20)15-19-6-2-4-8-21(19)23/h1-8,17,22-23,26H,9-16H2/q+1/t17?,22-,25?/m0/s1. The molecule has 0 radical (unpaired) electrons. The number of aliphatic hydroxyl groups is 1. The molecule has 4 heteroatoms. The van der Waals surface area contributed by atoms with Crippen molar-refractivity contribution in [3.8, 4) is 0 Å². The highest BCUT2D eigenvalue weighted by Gasteiger charge is 2.48. The molecule has 3 fully saturated rings. The number of benzene rings is 2. The highest BCUT2D eigenvalue weighted by molar-refractivity contribution is 5.84. The molecule has 1 atom stereocenters. The first kappa shape index (κ1) is 17.9. The largest absolute Gasteiger partial charge is 0.455 e. The number of quaternary nitrogens is 1. The molecule has 2 aromatic rings. The second-order valence-electron chi connectivity index (χ2n) is 8.74. The van der Waals surface area contributed by atoms with Gasteiger partial charge in [-0.25, -0.2) is 0 Å². The van der Waals surface area contributed by atoms with Crippen molar-refractivity contribution in [1.29, 1.82) is 0 Å². The van der Waals surface area contributed by atoms with Gasteiger partial charge < -0.3 is 14.3 Å². The predicted octanol–water partition coefficient (Wildman–Crippen LogP) is 2.87. The van der Waals surface area contributed by atoms with Crippen molar-refractivity contribution < 1.29 is 19.1 Å². The van der Waals surface area contributed by atoms with Crippen molar-refractivity contribution in [3.63, 3.8) is 0 Å². The average Bonchev–Trinajstić information content (AvgIpc) is 2.72. The number of hydrogen-bond donors (Lipinski definition) is 1. The molecular formula is C24H28NO3+. The summed E-state index contributed by atoms with van der Waals surface area (Å²) in [5, 5.41) is 9.50. The van der Waals surface area contributed by atoms with Gasteiger partial charge in [0.1, 0.15) is 19.0 Å². The van der Waals surface area contributed by atoms with Gasteiger partial charge in [0.25, 0.3) is 0 Å². The molecule has 146 valence electrons. The highest BCUT2D eigenvalue weighted by Crippen LogP contribution is 2.40. The number of esters is 1. The first-order valence-corrected chi connectivity index (χ1v) is 10.5. The van der Waals surface area contributed by atoms with Crippen LogP contribution >= 0.6 is 0 Å². The Morgan fingerprint density at radius 1 is 1.00 bits per heavy atom. The monoisotopic (exact) mass is 378 g/mol. The van der Waals surface area contributed by atoms with Crippen molar-refractivity contribution in [2.75, 3.05) is 32.8 Å². The number of fused-ring (bicyclic) bond motifs is 5. The van der Waals surface area contributed by atoms with Crippen LogP contribution in [0.4, 0.5) is 0 Å². The highest BCUT2D eigenvalue weighted by atomic mass is 16.5. The fraction of sp³-hybridized carbons (Fsp3) is 0.458. The zero-order valence-corrected chi connectivity index (χ0v) is 16.2. The summed E-state index contributed by atoms with van der Waals surface area (Å²) < 4.78 is 7.12. The van der Waals surface area contributed by atoms with E-state index in [1.807, 2.05) is 24.3 Å². The molecular weight excluding hydrogens is 350 g/mol. The Kier molecular flexibility index (Phi) is 4.48. The van der Waals surface area contributed by atoms with Crippen LogP contribution in [-0.2, 0) is 16.0 Å². The molecule has 6 rings (SSSR count). The van der Waals surface area contributed by atoms with Crippen LogP contribution in [0.1, 0.15) is 41.0 Å². The molecule has 3 saturated heterocycles. The average molecular weight is 378 g/mol. The number of carbonyl (C=O) groups excluding carboxylic acids is 1. The molecule has 2 aromatic carbocycles. The Balaban J connectivity index is 1.43. The van der Waals surface area contributed by atoms with Crippen LogP contribution in [0.5, 0.6) is 0 Å². The van der Waals surface area contributed by atoms with Crippen LogP contribution in [-0.4, -0.2) is 54.4 Å². The summed E-state index contributed by atoms with van der Waals surface area (Å²) in [7, 11) is 0. The zero-order valence-electron chi connectivity index (χ0n) is 16.2. The Morgan fingerprint density at radius 3 is 2.21 bits per heavy atom. The van der Waals surface area contributed by atoms with Crippen molar-refractivity contribution in [3.05, 3.63) is 70.8 Å². The maximum Gasteiger partial charge on any atom is 0.318 e.